The normalized spacial score (nSPS) is 10.7. The van der Waals surface area contributed by atoms with Crippen LogP contribution in [0, 0.1) is 0 Å². The molecule has 0 heterocycles. The molecule has 82 valence electrons. The van der Waals surface area contributed by atoms with Crippen LogP contribution in [0.1, 0.15) is 15.9 Å². The molecule has 0 aliphatic rings. The SMILES string of the molecule is CN(C)NCC(=O)c1cccc(CN)c1. The fourth-order valence-corrected chi connectivity index (χ4v) is 1.20. The Morgan fingerprint density at radius 3 is 2.80 bits per heavy atom. The van der Waals surface area contributed by atoms with E-state index in [1.807, 2.05) is 32.3 Å². The first-order valence-corrected chi connectivity index (χ1v) is 4.86. The van der Waals surface area contributed by atoms with Crippen LogP contribution in [-0.4, -0.2) is 31.4 Å². The molecule has 0 saturated heterocycles. The third-order valence-electron chi connectivity index (χ3n) is 2.04. The number of nitrogens with zero attached hydrogens (tertiary/aromatic N) is 1. The van der Waals surface area contributed by atoms with Gasteiger partial charge in [0.15, 0.2) is 5.78 Å². The van der Waals surface area contributed by atoms with Gasteiger partial charge in [-0.25, -0.2) is 5.43 Å². The van der Waals surface area contributed by atoms with E-state index in [0.29, 0.717) is 18.7 Å². The van der Waals surface area contributed by atoms with Gasteiger partial charge >= 0.3 is 0 Å². The molecule has 0 atom stereocenters. The zero-order chi connectivity index (χ0) is 11.3. The molecule has 0 aromatic heterocycles. The molecule has 1 rings (SSSR count). The second-order valence-electron chi connectivity index (χ2n) is 3.56. The number of nitrogens with two attached hydrogens (primary N) is 1. The van der Waals surface area contributed by atoms with Gasteiger partial charge in [0.05, 0.1) is 6.54 Å². The fraction of sp³-hybridized carbons (Fsp3) is 0.364. The van der Waals surface area contributed by atoms with Gasteiger partial charge in [0.25, 0.3) is 0 Å². The van der Waals surface area contributed by atoms with Gasteiger partial charge in [-0.05, 0) is 11.6 Å². The molecule has 0 aliphatic heterocycles. The van der Waals surface area contributed by atoms with Crippen LogP contribution in [-0.2, 0) is 6.54 Å². The molecule has 4 heteroatoms. The number of hydrogen-bond acceptors (Lipinski definition) is 4. The Labute approximate surface area is 90.0 Å². The Morgan fingerprint density at radius 1 is 1.47 bits per heavy atom. The van der Waals surface area contributed by atoms with Crippen molar-refractivity contribution in [2.75, 3.05) is 20.6 Å². The molecular formula is C11H17N3O. The molecule has 0 saturated carbocycles. The van der Waals surface area contributed by atoms with E-state index in [4.69, 9.17) is 5.73 Å². The number of ketones is 1. The highest BCUT2D eigenvalue weighted by Gasteiger charge is 2.05. The Balaban J connectivity index is 2.65. The first kappa shape index (κ1) is 11.8. The third kappa shape index (κ3) is 3.79. The third-order valence-corrected chi connectivity index (χ3v) is 2.04. The number of benzene rings is 1. The van der Waals surface area contributed by atoms with Crippen LogP contribution in [0.2, 0.25) is 0 Å². The van der Waals surface area contributed by atoms with Gasteiger partial charge in [0.2, 0.25) is 0 Å². The summed E-state index contributed by atoms with van der Waals surface area (Å²) < 4.78 is 0. The first-order valence-electron chi connectivity index (χ1n) is 4.86. The standard InChI is InChI=1S/C11H17N3O/c1-14(2)13-8-11(15)10-5-3-4-9(6-10)7-12/h3-6,13H,7-8,12H2,1-2H3. The molecule has 0 unspecified atom stereocenters. The Morgan fingerprint density at radius 2 is 2.20 bits per heavy atom. The summed E-state index contributed by atoms with van der Waals surface area (Å²) in [5.74, 6) is 0.0685. The summed E-state index contributed by atoms with van der Waals surface area (Å²) in [4.78, 5) is 11.7. The van der Waals surface area contributed by atoms with Crippen molar-refractivity contribution in [1.82, 2.24) is 10.4 Å². The van der Waals surface area contributed by atoms with E-state index >= 15 is 0 Å². The first-order chi connectivity index (χ1) is 7.13. The molecule has 15 heavy (non-hydrogen) atoms. The van der Waals surface area contributed by atoms with Gasteiger partial charge < -0.3 is 5.73 Å². The maximum atomic E-state index is 11.7. The average molecular weight is 207 g/mol. The van der Waals surface area contributed by atoms with Crippen LogP contribution < -0.4 is 11.2 Å². The minimum atomic E-state index is 0.0685. The van der Waals surface area contributed by atoms with Crippen molar-refractivity contribution < 1.29 is 4.79 Å². The molecule has 0 amide bonds. The summed E-state index contributed by atoms with van der Waals surface area (Å²) in [5, 5.41) is 1.75. The van der Waals surface area contributed by atoms with Gasteiger partial charge in [-0.15, -0.1) is 0 Å². The van der Waals surface area contributed by atoms with E-state index < -0.39 is 0 Å². The van der Waals surface area contributed by atoms with E-state index in [9.17, 15) is 4.79 Å². The highest BCUT2D eigenvalue weighted by atomic mass is 16.1. The van der Waals surface area contributed by atoms with E-state index in [1.54, 1.807) is 11.1 Å². The number of carbonyl (C=O) groups is 1. The molecule has 3 N–H and O–H groups in total. The molecule has 0 bridgehead atoms. The highest BCUT2D eigenvalue weighted by molar-refractivity contribution is 5.97. The van der Waals surface area contributed by atoms with Gasteiger partial charge in [0.1, 0.15) is 0 Å². The van der Waals surface area contributed by atoms with E-state index in [2.05, 4.69) is 5.43 Å². The van der Waals surface area contributed by atoms with Crippen LogP contribution >= 0.6 is 0 Å². The minimum Gasteiger partial charge on any atom is -0.326 e. The van der Waals surface area contributed by atoms with E-state index in [-0.39, 0.29) is 5.78 Å². The van der Waals surface area contributed by atoms with Crippen molar-refractivity contribution in [1.29, 1.82) is 0 Å². The maximum absolute atomic E-state index is 11.7. The van der Waals surface area contributed by atoms with E-state index in [1.165, 1.54) is 0 Å². The van der Waals surface area contributed by atoms with Crippen molar-refractivity contribution >= 4 is 5.78 Å². The quantitative estimate of drug-likeness (QED) is 0.542. The van der Waals surface area contributed by atoms with Gasteiger partial charge in [-0.2, -0.15) is 0 Å². The summed E-state index contributed by atoms with van der Waals surface area (Å²) >= 11 is 0. The minimum absolute atomic E-state index is 0.0685. The maximum Gasteiger partial charge on any atom is 0.178 e. The lowest BCUT2D eigenvalue weighted by Crippen LogP contribution is -2.34. The van der Waals surface area contributed by atoms with Gasteiger partial charge in [-0.3, -0.25) is 9.80 Å². The van der Waals surface area contributed by atoms with Crippen LogP contribution in [0.25, 0.3) is 0 Å². The van der Waals surface area contributed by atoms with Crippen molar-refractivity contribution in [3.8, 4) is 0 Å². The van der Waals surface area contributed by atoms with Crippen molar-refractivity contribution in [3.05, 3.63) is 35.4 Å². The second-order valence-corrected chi connectivity index (χ2v) is 3.56. The second kappa shape index (κ2) is 5.60. The lowest BCUT2D eigenvalue weighted by Gasteiger charge is -2.11. The predicted octanol–water partition coefficient (Wildman–Crippen LogP) is 0.394. The number of Topliss-reactive ketones (excluding diaryl/α,β-unsaturated/α-hetero) is 1. The lowest BCUT2D eigenvalue weighted by atomic mass is 10.1. The van der Waals surface area contributed by atoms with Gasteiger partial charge in [0, 0.05) is 26.2 Å². The molecule has 1 aromatic rings. The molecule has 1 aromatic carbocycles. The number of nitrogens with one attached hydrogen (secondary N) is 1. The zero-order valence-electron chi connectivity index (χ0n) is 9.16. The lowest BCUT2D eigenvalue weighted by molar-refractivity contribution is 0.0964. The monoisotopic (exact) mass is 207 g/mol. The number of hydrazine groups is 1. The number of rotatable bonds is 5. The summed E-state index contributed by atoms with van der Waals surface area (Å²) in [6, 6.07) is 7.40. The fourth-order valence-electron chi connectivity index (χ4n) is 1.20. The van der Waals surface area contributed by atoms with Crippen LogP contribution in [0.15, 0.2) is 24.3 Å². The topological polar surface area (TPSA) is 58.4 Å². The van der Waals surface area contributed by atoms with Crippen LogP contribution in [0.4, 0.5) is 0 Å². The van der Waals surface area contributed by atoms with Crippen molar-refractivity contribution in [2.45, 2.75) is 6.54 Å². The Bertz CT molecular complexity index is 336. The number of hydrogen-bond donors (Lipinski definition) is 2. The molecule has 0 aliphatic carbocycles. The summed E-state index contributed by atoms with van der Waals surface area (Å²) in [5.41, 5.74) is 10.1. The predicted molar refractivity (Wildman–Crippen MR) is 60.4 cm³/mol. The van der Waals surface area contributed by atoms with Crippen molar-refractivity contribution in [3.63, 3.8) is 0 Å². The molecule has 0 fully saturated rings. The summed E-state index contributed by atoms with van der Waals surface area (Å²) in [7, 11) is 3.70. The zero-order valence-corrected chi connectivity index (χ0v) is 9.16. The average Bonchev–Trinajstić information content (AvgIpc) is 2.26. The Kier molecular flexibility index (Phi) is 4.42. The largest absolute Gasteiger partial charge is 0.326 e. The highest BCUT2D eigenvalue weighted by Crippen LogP contribution is 2.05. The smallest absolute Gasteiger partial charge is 0.178 e. The van der Waals surface area contributed by atoms with Crippen LogP contribution in [0.5, 0.6) is 0 Å². The Hall–Kier alpha value is -1.23. The summed E-state index contributed by atoms with van der Waals surface area (Å²) in [6.07, 6.45) is 0. The van der Waals surface area contributed by atoms with Gasteiger partial charge in [-0.1, -0.05) is 18.2 Å². The number of carbonyl (C=O) groups excluding carboxylic acids is 1. The summed E-state index contributed by atoms with van der Waals surface area (Å²) in [6.45, 7) is 0.767. The molecule has 0 radical (unpaired) electrons. The molecule has 0 spiro atoms. The van der Waals surface area contributed by atoms with Crippen molar-refractivity contribution in [2.24, 2.45) is 5.73 Å². The molecular weight excluding hydrogens is 190 g/mol. The molecule has 4 nitrogen and oxygen atoms in total. The van der Waals surface area contributed by atoms with Crippen LogP contribution in [0.3, 0.4) is 0 Å². The van der Waals surface area contributed by atoms with E-state index in [0.717, 1.165) is 5.56 Å².